The zero-order valence-electron chi connectivity index (χ0n) is 16.2. The number of carbonyl (C=O) groups is 1. The van der Waals surface area contributed by atoms with Gasteiger partial charge in [0.25, 0.3) is 5.91 Å². The van der Waals surface area contributed by atoms with E-state index in [0.29, 0.717) is 36.7 Å². The van der Waals surface area contributed by atoms with Crippen LogP contribution in [0.1, 0.15) is 27.9 Å². The van der Waals surface area contributed by atoms with Crippen molar-refractivity contribution in [1.29, 1.82) is 0 Å². The van der Waals surface area contributed by atoms with E-state index in [2.05, 4.69) is 20.4 Å². The van der Waals surface area contributed by atoms with E-state index in [9.17, 15) is 9.18 Å². The summed E-state index contributed by atoms with van der Waals surface area (Å²) >= 11 is 0. The largest absolute Gasteiger partial charge is 0.468 e. The van der Waals surface area contributed by atoms with Crippen molar-refractivity contribution in [3.63, 3.8) is 0 Å². The summed E-state index contributed by atoms with van der Waals surface area (Å²) in [6, 6.07) is 10.1. The van der Waals surface area contributed by atoms with E-state index >= 15 is 0 Å². The first-order valence-corrected chi connectivity index (χ1v) is 9.57. The number of aryl methyl sites for hydroxylation is 1. The predicted molar refractivity (Wildman–Crippen MR) is 105 cm³/mol. The summed E-state index contributed by atoms with van der Waals surface area (Å²) in [6.45, 7) is 4.97. The van der Waals surface area contributed by atoms with Gasteiger partial charge in [-0.3, -0.25) is 14.8 Å². The van der Waals surface area contributed by atoms with Crippen LogP contribution in [0.15, 0.2) is 47.1 Å². The third-order valence-electron chi connectivity index (χ3n) is 5.09. The minimum Gasteiger partial charge on any atom is -0.468 e. The van der Waals surface area contributed by atoms with Gasteiger partial charge in [0.15, 0.2) is 0 Å². The van der Waals surface area contributed by atoms with E-state index < -0.39 is 0 Å². The van der Waals surface area contributed by atoms with Crippen molar-refractivity contribution in [3.8, 4) is 11.3 Å². The minimum atomic E-state index is -0.269. The summed E-state index contributed by atoms with van der Waals surface area (Å²) < 4.78 is 24.5. The number of hydrogen-bond donors (Lipinski definition) is 2. The van der Waals surface area contributed by atoms with Gasteiger partial charge in [0.1, 0.15) is 17.3 Å². The summed E-state index contributed by atoms with van der Waals surface area (Å²) in [6.07, 6.45) is 1.64. The number of morpholine rings is 1. The quantitative estimate of drug-likeness (QED) is 0.667. The SMILES string of the molecule is Cc1cc(-c2cc(C(=O)NCC(c3ccco3)N3CCOCC3)[nH]n2)ccc1F. The number of hydrogen-bond acceptors (Lipinski definition) is 5. The number of nitrogens with zero attached hydrogens (tertiary/aromatic N) is 2. The fourth-order valence-corrected chi connectivity index (χ4v) is 3.45. The number of halogens is 1. The fourth-order valence-electron chi connectivity index (χ4n) is 3.45. The molecule has 1 atom stereocenters. The Morgan fingerprint density at radius 1 is 1.31 bits per heavy atom. The highest BCUT2D eigenvalue weighted by molar-refractivity contribution is 5.93. The lowest BCUT2D eigenvalue weighted by atomic mass is 10.1. The molecule has 0 spiro atoms. The van der Waals surface area contributed by atoms with E-state index in [4.69, 9.17) is 9.15 Å². The molecule has 1 aliphatic heterocycles. The van der Waals surface area contributed by atoms with Crippen LogP contribution in [-0.2, 0) is 4.74 Å². The van der Waals surface area contributed by atoms with Crippen LogP contribution in [0.5, 0.6) is 0 Å². The summed E-state index contributed by atoms with van der Waals surface area (Å²) in [4.78, 5) is 14.9. The Labute approximate surface area is 167 Å². The monoisotopic (exact) mass is 398 g/mol. The van der Waals surface area contributed by atoms with E-state index in [1.807, 2.05) is 12.1 Å². The number of H-pyrrole nitrogens is 1. The molecule has 0 saturated carbocycles. The van der Waals surface area contributed by atoms with Gasteiger partial charge in [-0.2, -0.15) is 5.10 Å². The molecule has 29 heavy (non-hydrogen) atoms. The van der Waals surface area contributed by atoms with E-state index in [1.54, 1.807) is 31.4 Å². The van der Waals surface area contributed by atoms with Gasteiger partial charge in [0.05, 0.1) is 31.2 Å². The smallest absolute Gasteiger partial charge is 0.269 e. The number of nitrogens with one attached hydrogen (secondary N) is 2. The van der Waals surface area contributed by atoms with Crippen molar-refractivity contribution >= 4 is 5.91 Å². The normalized spacial score (nSPS) is 15.9. The molecular weight excluding hydrogens is 375 g/mol. The first-order chi connectivity index (χ1) is 14.1. The number of carbonyl (C=O) groups excluding carboxylic acids is 1. The van der Waals surface area contributed by atoms with Gasteiger partial charge in [0.2, 0.25) is 0 Å². The fraction of sp³-hybridized carbons (Fsp3) is 0.333. The van der Waals surface area contributed by atoms with Crippen LogP contribution in [0.2, 0.25) is 0 Å². The second-order valence-electron chi connectivity index (χ2n) is 7.02. The summed E-state index contributed by atoms with van der Waals surface area (Å²) in [5, 5.41) is 9.91. The maximum Gasteiger partial charge on any atom is 0.269 e. The highest BCUT2D eigenvalue weighted by atomic mass is 19.1. The van der Waals surface area contributed by atoms with Gasteiger partial charge < -0.3 is 14.5 Å². The Morgan fingerprint density at radius 3 is 2.86 bits per heavy atom. The van der Waals surface area contributed by atoms with E-state index in [-0.39, 0.29) is 17.8 Å². The van der Waals surface area contributed by atoms with Gasteiger partial charge in [-0.25, -0.2) is 4.39 Å². The van der Waals surface area contributed by atoms with Crippen molar-refractivity contribution in [3.05, 3.63) is 65.5 Å². The lowest BCUT2D eigenvalue weighted by Crippen LogP contribution is -2.43. The molecule has 0 bridgehead atoms. The highest BCUT2D eigenvalue weighted by Crippen LogP contribution is 2.23. The molecule has 1 amide bonds. The molecule has 1 aliphatic rings. The molecule has 2 aromatic heterocycles. The Morgan fingerprint density at radius 2 is 2.14 bits per heavy atom. The second kappa shape index (κ2) is 8.59. The van der Waals surface area contributed by atoms with E-state index in [1.165, 1.54) is 6.07 Å². The number of ether oxygens (including phenoxy) is 1. The molecule has 1 unspecified atom stereocenters. The minimum absolute atomic E-state index is 0.0695. The average Bonchev–Trinajstić information content (AvgIpc) is 3.43. The van der Waals surface area contributed by atoms with Crippen molar-refractivity contribution in [1.82, 2.24) is 20.4 Å². The zero-order valence-corrected chi connectivity index (χ0v) is 16.2. The highest BCUT2D eigenvalue weighted by Gasteiger charge is 2.25. The van der Waals surface area contributed by atoms with Crippen LogP contribution in [0, 0.1) is 12.7 Å². The van der Waals surface area contributed by atoms with Crippen molar-refractivity contribution < 1.29 is 18.3 Å². The molecule has 8 heteroatoms. The molecule has 2 N–H and O–H groups in total. The predicted octanol–water partition coefficient (Wildman–Crippen LogP) is 2.92. The Balaban J connectivity index is 1.44. The second-order valence-corrected chi connectivity index (χ2v) is 7.02. The molecule has 3 heterocycles. The van der Waals surface area contributed by atoms with Gasteiger partial charge in [-0.05, 0) is 48.9 Å². The molecule has 0 aliphatic carbocycles. The lowest BCUT2D eigenvalue weighted by molar-refractivity contribution is 0.0118. The van der Waals surface area contributed by atoms with Crippen LogP contribution in [0.25, 0.3) is 11.3 Å². The van der Waals surface area contributed by atoms with Crippen LogP contribution >= 0.6 is 0 Å². The van der Waals surface area contributed by atoms with Crippen LogP contribution in [0.3, 0.4) is 0 Å². The number of furan rings is 1. The summed E-state index contributed by atoms with van der Waals surface area (Å²) in [5.74, 6) is 0.279. The Bertz CT molecular complexity index is 964. The zero-order chi connectivity index (χ0) is 20.2. The molecule has 7 nitrogen and oxygen atoms in total. The molecule has 4 rings (SSSR count). The molecule has 3 aromatic rings. The lowest BCUT2D eigenvalue weighted by Gasteiger charge is -2.33. The third kappa shape index (κ3) is 4.38. The topological polar surface area (TPSA) is 83.4 Å². The first-order valence-electron chi connectivity index (χ1n) is 9.57. The molecule has 1 saturated heterocycles. The molecule has 1 fully saturated rings. The summed E-state index contributed by atoms with van der Waals surface area (Å²) in [7, 11) is 0. The van der Waals surface area contributed by atoms with Gasteiger partial charge in [0, 0.05) is 25.2 Å². The van der Waals surface area contributed by atoms with Gasteiger partial charge in [-0.15, -0.1) is 0 Å². The van der Waals surface area contributed by atoms with Gasteiger partial charge in [-0.1, -0.05) is 0 Å². The Kier molecular flexibility index (Phi) is 5.73. The van der Waals surface area contributed by atoms with Crippen molar-refractivity contribution in [2.75, 3.05) is 32.8 Å². The standard InChI is InChI=1S/C21H23FN4O3/c1-14-11-15(4-5-16(14)22)17-12-18(25-24-17)21(27)23-13-19(20-3-2-8-29-20)26-6-9-28-10-7-26/h2-5,8,11-12,19H,6-7,9-10,13H2,1H3,(H,23,27)(H,24,25). The average molecular weight is 398 g/mol. The van der Waals surface area contributed by atoms with Crippen LogP contribution in [0.4, 0.5) is 4.39 Å². The van der Waals surface area contributed by atoms with Gasteiger partial charge >= 0.3 is 0 Å². The number of rotatable bonds is 6. The van der Waals surface area contributed by atoms with Crippen LogP contribution < -0.4 is 5.32 Å². The Hall–Kier alpha value is -2.97. The summed E-state index contributed by atoms with van der Waals surface area (Å²) in [5.41, 5.74) is 2.22. The maximum atomic E-state index is 13.5. The number of benzene rings is 1. The molecule has 1 aromatic carbocycles. The molecular formula is C21H23FN4O3. The first kappa shape index (κ1) is 19.4. The number of amides is 1. The van der Waals surface area contributed by atoms with Crippen LogP contribution in [-0.4, -0.2) is 53.9 Å². The van der Waals surface area contributed by atoms with E-state index in [0.717, 1.165) is 24.4 Å². The van der Waals surface area contributed by atoms with Crippen molar-refractivity contribution in [2.45, 2.75) is 13.0 Å². The maximum absolute atomic E-state index is 13.5. The molecule has 0 radical (unpaired) electrons. The number of aromatic amines is 1. The third-order valence-corrected chi connectivity index (χ3v) is 5.09. The van der Waals surface area contributed by atoms with Crippen molar-refractivity contribution in [2.24, 2.45) is 0 Å². The number of aromatic nitrogens is 2. The molecule has 152 valence electrons.